The van der Waals surface area contributed by atoms with E-state index >= 15 is 0 Å². The summed E-state index contributed by atoms with van der Waals surface area (Å²) in [6, 6.07) is 6.05. The van der Waals surface area contributed by atoms with E-state index in [1.54, 1.807) is 14.2 Å². The lowest BCUT2D eigenvalue weighted by molar-refractivity contribution is 0.354. The van der Waals surface area contributed by atoms with Gasteiger partial charge >= 0.3 is 0 Å². The minimum absolute atomic E-state index is 0. The molecule has 0 aliphatic carbocycles. The molecule has 1 unspecified atom stereocenters. The topological polar surface area (TPSA) is 54.9 Å². The van der Waals surface area contributed by atoms with Gasteiger partial charge in [-0.1, -0.05) is 6.07 Å². The van der Waals surface area contributed by atoms with Crippen LogP contribution in [-0.2, 0) is 6.42 Å². The highest BCUT2D eigenvalue weighted by Gasteiger charge is 2.29. The van der Waals surface area contributed by atoms with Gasteiger partial charge < -0.3 is 20.1 Å². The summed E-state index contributed by atoms with van der Waals surface area (Å²) in [5.41, 5.74) is 1.21. The van der Waals surface area contributed by atoms with E-state index in [0.717, 1.165) is 43.5 Å². The summed E-state index contributed by atoms with van der Waals surface area (Å²) < 4.78 is 10.9. The van der Waals surface area contributed by atoms with Crippen LogP contribution in [0.3, 0.4) is 0 Å². The van der Waals surface area contributed by atoms with Gasteiger partial charge in [-0.3, -0.25) is 4.99 Å². The van der Waals surface area contributed by atoms with Crippen molar-refractivity contribution in [3.63, 3.8) is 0 Å². The molecule has 1 heterocycles. The molecule has 0 saturated carbocycles. The number of hydrogen-bond donors (Lipinski definition) is 2. The van der Waals surface area contributed by atoms with Crippen LogP contribution >= 0.6 is 35.7 Å². The van der Waals surface area contributed by atoms with Crippen molar-refractivity contribution in [3.8, 4) is 11.5 Å². The molecule has 1 atom stereocenters. The lowest BCUT2D eigenvalue weighted by Crippen LogP contribution is -2.39. The molecule has 5 nitrogen and oxygen atoms in total. The van der Waals surface area contributed by atoms with E-state index in [0.29, 0.717) is 4.75 Å². The molecule has 1 aromatic rings. The average Bonchev–Trinajstić information content (AvgIpc) is 3.06. The zero-order chi connectivity index (χ0) is 18.1. The molecule has 0 bridgehead atoms. The molecular formula is C19H32IN3O2S. The number of ether oxygens (including phenoxy) is 2. The Labute approximate surface area is 179 Å². The number of nitrogens with one attached hydrogen (secondary N) is 2. The molecule has 7 heteroatoms. The number of guanidine groups is 1. The first-order chi connectivity index (χ1) is 12.1. The van der Waals surface area contributed by atoms with E-state index in [1.807, 2.05) is 23.9 Å². The summed E-state index contributed by atoms with van der Waals surface area (Å²) in [5.74, 6) is 3.69. The Bertz CT molecular complexity index is 578. The molecule has 148 valence electrons. The Hall–Kier alpha value is -0.830. The maximum absolute atomic E-state index is 5.37. The van der Waals surface area contributed by atoms with Gasteiger partial charge in [-0.05, 0) is 56.6 Å². The first-order valence-electron chi connectivity index (χ1n) is 8.97. The Morgan fingerprint density at radius 3 is 2.62 bits per heavy atom. The van der Waals surface area contributed by atoms with Crippen LogP contribution < -0.4 is 20.1 Å². The van der Waals surface area contributed by atoms with Crippen molar-refractivity contribution in [2.45, 2.75) is 37.9 Å². The fraction of sp³-hybridized carbons (Fsp3) is 0.632. The van der Waals surface area contributed by atoms with Crippen LogP contribution in [0.1, 0.15) is 32.3 Å². The predicted molar refractivity (Wildman–Crippen MR) is 123 cm³/mol. The van der Waals surface area contributed by atoms with Crippen molar-refractivity contribution < 1.29 is 9.47 Å². The molecule has 1 aliphatic rings. The molecule has 0 spiro atoms. The number of halogens is 1. The number of aliphatic imine (C=N–C) groups is 1. The molecule has 1 aromatic carbocycles. The van der Waals surface area contributed by atoms with Crippen LogP contribution in [0.5, 0.6) is 11.5 Å². The second-order valence-electron chi connectivity index (χ2n) is 6.46. The van der Waals surface area contributed by atoms with Crippen molar-refractivity contribution in [2.24, 2.45) is 4.99 Å². The van der Waals surface area contributed by atoms with Gasteiger partial charge in [0.15, 0.2) is 17.5 Å². The largest absolute Gasteiger partial charge is 0.493 e. The van der Waals surface area contributed by atoms with Crippen LogP contribution in [0.25, 0.3) is 0 Å². The Morgan fingerprint density at radius 1 is 1.23 bits per heavy atom. The number of thioether (sulfide) groups is 1. The number of hydrogen-bond acceptors (Lipinski definition) is 4. The molecular weight excluding hydrogens is 461 g/mol. The summed E-state index contributed by atoms with van der Waals surface area (Å²) in [4.78, 5) is 4.79. The maximum atomic E-state index is 5.37. The lowest BCUT2D eigenvalue weighted by Gasteiger charge is -2.21. The Morgan fingerprint density at radius 2 is 2.00 bits per heavy atom. The van der Waals surface area contributed by atoms with Crippen LogP contribution in [0.15, 0.2) is 23.2 Å². The number of methoxy groups -OCH3 is 2. The highest BCUT2D eigenvalue weighted by Crippen LogP contribution is 2.37. The standard InChI is InChI=1S/C19H31N3O2S.HI/c1-5-20-18(22-14-19(2)10-6-12-25-19)21-11-9-15-7-8-16(23-3)17(13-15)24-4;/h7-8,13H,5-6,9-12,14H2,1-4H3,(H2,20,21,22);1H. The van der Waals surface area contributed by atoms with Crippen molar-refractivity contribution in [2.75, 3.05) is 39.6 Å². The quantitative estimate of drug-likeness (QED) is 0.329. The SMILES string of the molecule is CCNC(=NCC1(C)CCCS1)NCCc1ccc(OC)c(OC)c1.I. The van der Waals surface area contributed by atoms with Crippen molar-refractivity contribution in [3.05, 3.63) is 23.8 Å². The van der Waals surface area contributed by atoms with Crippen LogP contribution in [0, 0.1) is 0 Å². The molecule has 0 amide bonds. The summed E-state index contributed by atoms with van der Waals surface area (Å²) in [7, 11) is 3.32. The number of nitrogens with zero attached hydrogens (tertiary/aromatic N) is 1. The van der Waals surface area contributed by atoms with Crippen LogP contribution in [0.2, 0.25) is 0 Å². The van der Waals surface area contributed by atoms with Gasteiger partial charge in [0.1, 0.15) is 0 Å². The second kappa shape index (κ2) is 11.8. The lowest BCUT2D eigenvalue weighted by atomic mass is 10.1. The molecule has 0 aromatic heterocycles. The summed E-state index contributed by atoms with van der Waals surface area (Å²) in [6.07, 6.45) is 3.46. The molecule has 1 aliphatic heterocycles. The van der Waals surface area contributed by atoms with E-state index < -0.39 is 0 Å². The highest BCUT2D eigenvalue weighted by molar-refractivity contribution is 14.0. The molecule has 26 heavy (non-hydrogen) atoms. The first-order valence-corrected chi connectivity index (χ1v) is 9.96. The molecule has 1 saturated heterocycles. The molecule has 0 radical (unpaired) electrons. The van der Waals surface area contributed by atoms with Gasteiger partial charge in [-0.2, -0.15) is 11.8 Å². The minimum atomic E-state index is 0. The predicted octanol–water partition coefficient (Wildman–Crippen LogP) is 3.71. The Kier molecular flexibility index (Phi) is 10.5. The first kappa shape index (κ1) is 23.2. The van der Waals surface area contributed by atoms with Gasteiger partial charge in [0.25, 0.3) is 0 Å². The average molecular weight is 493 g/mol. The monoisotopic (exact) mass is 493 g/mol. The zero-order valence-corrected chi connectivity index (χ0v) is 19.4. The minimum Gasteiger partial charge on any atom is -0.493 e. The van der Waals surface area contributed by atoms with Gasteiger partial charge in [-0.25, -0.2) is 0 Å². The molecule has 1 fully saturated rings. The third-order valence-electron chi connectivity index (χ3n) is 4.37. The van der Waals surface area contributed by atoms with Gasteiger partial charge in [0.05, 0.1) is 20.8 Å². The van der Waals surface area contributed by atoms with Gasteiger partial charge in [0, 0.05) is 17.8 Å². The second-order valence-corrected chi connectivity index (χ2v) is 8.15. The van der Waals surface area contributed by atoms with E-state index in [-0.39, 0.29) is 24.0 Å². The third-order valence-corrected chi connectivity index (χ3v) is 5.89. The van der Waals surface area contributed by atoms with Gasteiger partial charge in [0.2, 0.25) is 0 Å². The van der Waals surface area contributed by atoms with Crippen LogP contribution in [-0.4, -0.2) is 50.3 Å². The van der Waals surface area contributed by atoms with Gasteiger partial charge in [-0.15, -0.1) is 24.0 Å². The smallest absolute Gasteiger partial charge is 0.191 e. The summed E-state index contributed by atoms with van der Waals surface area (Å²) >= 11 is 2.04. The fourth-order valence-corrected chi connectivity index (χ4v) is 4.14. The highest BCUT2D eigenvalue weighted by atomic mass is 127. The molecule has 2 rings (SSSR count). The maximum Gasteiger partial charge on any atom is 0.191 e. The summed E-state index contributed by atoms with van der Waals surface area (Å²) in [6.45, 7) is 6.97. The van der Waals surface area contributed by atoms with E-state index in [1.165, 1.54) is 24.2 Å². The van der Waals surface area contributed by atoms with Crippen molar-refractivity contribution in [1.82, 2.24) is 10.6 Å². The number of benzene rings is 1. The van der Waals surface area contributed by atoms with Crippen molar-refractivity contribution in [1.29, 1.82) is 0 Å². The normalized spacial score (nSPS) is 19.6. The zero-order valence-electron chi connectivity index (χ0n) is 16.3. The third kappa shape index (κ3) is 7.06. The van der Waals surface area contributed by atoms with Crippen LogP contribution in [0.4, 0.5) is 0 Å². The van der Waals surface area contributed by atoms with E-state index in [9.17, 15) is 0 Å². The Balaban J connectivity index is 0.00000338. The number of rotatable bonds is 8. The van der Waals surface area contributed by atoms with E-state index in [4.69, 9.17) is 14.5 Å². The van der Waals surface area contributed by atoms with Crippen molar-refractivity contribution >= 4 is 41.7 Å². The van der Waals surface area contributed by atoms with E-state index in [2.05, 4.69) is 30.5 Å². The molecule has 2 N–H and O–H groups in total. The summed E-state index contributed by atoms with van der Waals surface area (Å²) in [5, 5.41) is 6.77. The fourth-order valence-electron chi connectivity index (χ4n) is 2.91.